The summed E-state index contributed by atoms with van der Waals surface area (Å²) in [5.74, 6) is 0.714. The summed E-state index contributed by atoms with van der Waals surface area (Å²) in [6, 6.07) is 0. The Kier molecular flexibility index (Phi) is 6.79. The van der Waals surface area contributed by atoms with Crippen LogP contribution in [-0.4, -0.2) is 38.4 Å². The molecule has 0 spiro atoms. The van der Waals surface area contributed by atoms with Gasteiger partial charge in [-0.2, -0.15) is 0 Å². The molecule has 0 aromatic carbocycles. The van der Waals surface area contributed by atoms with Gasteiger partial charge in [-0.25, -0.2) is 8.42 Å². The lowest BCUT2D eigenvalue weighted by molar-refractivity contribution is -0.121. The predicted molar refractivity (Wildman–Crippen MR) is 76.5 cm³/mol. The van der Waals surface area contributed by atoms with Crippen LogP contribution in [-0.2, 0) is 14.6 Å². The van der Waals surface area contributed by atoms with E-state index in [4.69, 9.17) is 5.73 Å². The largest absolute Gasteiger partial charge is 0.355 e. The second-order valence-electron chi connectivity index (χ2n) is 5.33. The molecule has 0 aromatic heterocycles. The van der Waals surface area contributed by atoms with Crippen LogP contribution in [0.25, 0.3) is 0 Å². The van der Waals surface area contributed by atoms with Crippen molar-refractivity contribution in [2.75, 3.05) is 18.8 Å². The number of carbonyl (C=O) groups is 1. The second kappa shape index (κ2) is 7.85. The normalized spacial score (nSPS) is 23.2. The minimum absolute atomic E-state index is 0.0439. The Morgan fingerprint density at radius 2 is 2.16 bits per heavy atom. The molecular weight excluding hydrogens is 264 g/mol. The highest BCUT2D eigenvalue weighted by Crippen LogP contribution is 2.19. The van der Waals surface area contributed by atoms with Crippen molar-refractivity contribution < 1.29 is 13.2 Å². The van der Waals surface area contributed by atoms with E-state index in [2.05, 4.69) is 12.2 Å². The van der Waals surface area contributed by atoms with Crippen LogP contribution in [0.3, 0.4) is 0 Å². The molecule has 5 nitrogen and oxygen atoms in total. The molecule has 3 N–H and O–H groups in total. The molecule has 2 unspecified atom stereocenters. The van der Waals surface area contributed by atoms with Gasteiger partial charge in [-0.15, -0.1) is 0 Å². The Bertz CT molecular complexity index is 381. The first kappa shape index (κ1) is 16.4. The number of amides is 1. The number of hydrogen-bond acceptors (Lipinski definition) is 4. The molecule has 0 aromatic rings. The van der Waals surface area contributed by atoms with Crippen molar-refractivity contribution >= 4 is 15.7 Å². The van der Waals surface area contributed by atoms with Gasteiger partial charge in [0.05, 0.1) is 11.0 Å². The molecule has 1 heterocycles. The molecule has 0 bridgehead atoms. The van der Waals surface area contributed by atoms with Gasteiger partial charge in [0.2, 0.25) is 5.91 Å². The fourth-order valence-corrected chi connectivity index (χ4v) is 4.29. The zero-order valence-electron chi connectivity index (χ0n) is 11.7. The third-order valence-electron chi connectivity index (χ3n) is 3.92. The molecule has 6 heteroatoms. The van der Waals surface area contributed by atoms with Crippen LogP contribution >= 0.6 is 0 Å². The van der Waals surface area contributed by atoms with Crippen LogP contribution < -0.4 is 11.1 Å². The van der Waals surface area contributed by atoms with Gasteiger partial charge in [0.15, 0.2) is 9.84 Å². The van der Waals surface area contributed by atoms with E-state index in [1.165, 1.54) is 0 Å². The molecule has 0 aliphatic carbocycles. The van der Waals surface area contributed by atoms with Crippen molar-refractivity contribution in [3.05, 3.63) is 0 Å². The van der Waals surface area contributed by atoms with Crippen LogP contribution in [0.5, 0.6) is 0 Å². The van der Waals surface area contributed by atoms with Crippen molar-refractivity contribution in [1.82, 2.24) is 5.32 Å². The van der Waals surface area contributed by atoms with Gasteiger partial charge in [0, 0.05) is 13.0 Å². The molecule has 1 amide bonds. The Morgan fingerprint density at radius 3 is 2.68 bits per heavy atom. The first-order valence-corrected chi connectivity index (χ1v) is 8.89. The minimum Gasteiger partial charge on any atom is -0.355 e. The molecule has 0 radical (unpaired) electrons. The fourth-order valence-electron chi connectivity index (χ4n) is 2.53. The van der Waals surface area contributed by atoms with E-state index < -0.39 is 9.84 Å². The maximum absolute atomic E-state index is 11.7. The van der Waals surface area contributed by atoms with Crippen LogP contribution in [0.4, 0.5) is 0 Å². The van der Waals surface area contributed by atoms with Crippen molar-refractivity contribution in [2.45, 2.75) is 50.7 Å². The number of sulfone groups is 1. The van der Waals surface area contributed by atoms with Gasteiger partial charge >= 0.3 is 0 Å². The van der Waals surface area contributed by atoms with E-state index in [1.807, 2.05) is 0 Å². The average molecular weight is 290 g/mol. The third kappa shape index (κ3) is 5.48. The number of nitrogens with two attached hydrogens (primary N) is 1. The summed E-state index contributed by atoms with van der Waals surface area (Å²) in [4.78, 5) is 11.7. The average Bonchev–Trinajstić information content (AvgIpc) is 2.71. The summed E-state index contributed by atoms with van der Waals surface area (Å²) in [5.41, 5.74) is 5.52. The third-order valence-corrected chi connectivity index (χ3v) is 6.20. The lowest BCUT2D eigenvalue weighted by atomic mass is 9.96. The lowest BCUT2D eigenvalue weighted by Gasteiger charge is -2.14. The quantitative estimate of drug-likeness (QED) is 0.693. The van der Waals surface area contributed by atoms with E-state index in [9.17, 15) is 13.2 Å². The molecular formula is C13H26N2O3S. The maximum Gasteiger partial charge on any atom is 0.220 e. The number of rotatable bonds is 8. The molecule has 2 atom stereocenters. The summed E-state index contributed by atoms with van der Waals surface area (Å²) < 4.78 is 23.2. The van der Waals surface area contributed by atoms with E-state index in [1.54, 1.807) is 0 Å². The van der Waals surface area contributed by atoms with Crippen LogP contribution in [0.2, 0.25) is 0 Å². The summed E-state index contributed by atoms with van der Waals surface area (Å²) in [5, 5.41) is 2.38. The topological polar surface area (TPSA) is 89.3 Å². The van der Waals surface area contributed by atoms with E-state index in [0.717, 1.165) is 25.7 Å². The highest BCUT2D eigenvalue weighted by atomic mass is 32.2. The van der Waals surface area contributed by atoms with E-state index >= 15 is 0 Å². The van der Waals surface area contributed by atoms with Crippen molar-refractivity contribution in [1.29, 1.82) is 0 Å². The molecule has 0 saturated carbocycles. The summed E-state index contributed by atoms with van der Waals surface area (Å²) in [7, 11) is -2.96. The Morgan fingerprint density at radius 1 is 1.42 bits per heavy atom. The molecule has 1 rings (SSSR count). The van der Waals surface area contributed by atoms with Crippen LogP contribution in [0.15, 0.2) is 0 Å². The fraction of sp³-hybridized carbons (Fsp3) is 0.923. The minimum atomic E-state index is -2.96. The molecule has 1 aliphatic rings. The van der Waals surface area contributed by atoms with Gasteiger partial charge in [-0.3, -0.25) is 4.79 Å². The highest BCUT2D eigenvalue weighted by Gasteiger charge is 2.31. The number of nitrogens with one attached hydrogen (secondary N) is 1. The van der Waals surface area contributed by atoms with E-state index in [0.29, 0.717) is 25.3 Å². The summed E-state index contributed by atoms with van der Waals surface area (Å²) in [6.45, 7) is 3.03. The zero-order chi connectivity index (χ0) is 14.3. The van der Waals surface area contributed by atoms with Gasteiger partial charge < -0.3 is 11.1 Å². The van der Waals surface area contributed by atoms with Crippen LogP contribution in [0.1, 0.15) is 45.4 Å². The maximum atomic E-state index is 11.7. The SMILES string of the molecule is CCC(CCN)CCC(=O)NCC1CCCS1(=O)=O. The molecule has 1 fully saturated rings. The summed E-state index contributed by atoms with van der Waals surface area (Å²) in [6.07, 6.45) is 4.66. The van der Waals surface area contributed by atoms with Crippen molar-refractivity contribution in [3.63, 3.8) is 0 Å². The standard InChI is InChI=1S/C13H26N2O3S/c1-2-11(7-8-14)5-6-13(16)15-10-12-4-3-9-19(12,17)18/h11-12H,2-10,14H2,1H3,(H,15,16). The van der Waals surface area contributed by atoms with Gasteiger partial charge in [-0.1, -0.05) is 13.3 Å². The summed E-state index contributed by atoms with van der Waals surface area (Å²) >= 11 is 0. The number of hydrogen-bond donors (Lipinski definition) is 2. The second-order valence-corrected chi connectivity index (χ2v) is 7.73. The first-order chi connectivity index (χ1) is 8.99. The van der Waals surface area contributed by atoms with Gasteiger partial charge in [0.25, 0.3) is 0 Å². The Balaban J connectivity index is 2.24. The van der Waals surface area contributed by atoms with Gasteiger partial charge in [0.1, 0.15) is 0 Å². The van der Waals surface area contributed by atoms with Crippen molar-refractivity contribution in [2.24, 2.45) is 11.7 Å². The molecule has 19 heavy (non-hydrogen) atoms. The van der Waals surface area contributed by atoms with Crippen molar-refractivity contribution in [3.8, 4) is 0 Å². The van der Waals surface area contributed by atoms with Gasteiger partial charge in [-0.05, 0) is 38.1 Å². The highest BCUT2D eigenvalue weighted by molar-refractivity contribution is 7.92. The Labute approximate surface area is 116 Å². The van der Waals surface area contributed by atoms with Crippen LogP contribution in [0, 0.1) is 5.92 Å². The number of carbonyl (C=O) groups excluding carboxylic acids is 1. The molecule has 1 saturated heterocycles. The smallest absolute Gasteiger partial charge is 0.220 e. The molecule has 1 aliphatic heterocycles. The predicted octanol–water partition coefficient (Wildman–Crippen LogP) is 0.835. The van der Waals surface area contributed by atoms with E-state index in [-0.39, 0.29) is 23.5 Å². The lowest BCUT2D eigenvalue weighted by Crippen LogP contribution is -2.34. The zero-order valence-corrected chi connectivity index (χ0v) is 12.5. The monoisotopic (exact) mass is 290 g/mol. The Hall–Kier alpha value is -0.620. The first-order valence-electron chi connectivity index (χ1n) is 7.18. The molecule has 112 valence electrons.